The fraction of sp³-hybridized carbons (Fsp3) is 0.765. The van der Waals surface area contributed by atoms with Crippen LogP contribution in [0.3, 0.4) is 0 Å². The lowest BCUT2D eigenvalue weighted by atomic mass is 9.87. The summed E-state index contributed by atoms with van der Waals surface area (Å²) in [6.07, 6.45) is 10.0. The predicted molar refractivity (Wildman–Crippen MR) is 117 cm³/mol. The Morgan fingerprint density at radius 2 is 2.17 bits per heavy atom. The van der Waals surface area contributed by atoms with Gasteiger partial charge in [0.2, 0.25) is 0 Å². The maximum Gasteiger partial charge on any atom is 0.194 e. The molecule has 7 heteroatoms. The average Bonchev–Trinajstić information content (AvgIpc) is 3.04. The van der Waals surface area contributed by atoms with Gasteiger partial charge in [0.25, 0.3) is 0 Å². The minimum Gasteiger partial charge on any atom is -0.350 e. The van der Waals surface area contributed by atoms with Crippen LogP contribution in [0.25, 0.3) is 0 Å². The van der Waals surface area contributed by atoms with Crippen LogP contribution in [0.4, 0.5) is 0 Å². The second-order valence-corrected chi connectivity index (χ2v) is 9.25. The number of guanidine groups is 1. The van der Waals surface area contributed by atoms with Crippen LogP contribution in [-0.2, 0) is 13.0 Å². The molecule has 1 aliphatic heterocycles. The van der Waals surface area contributed by atoms with Crippen LogP contribution in [0.15, 0.2) is 11.2 Å². The van der Waals surface area contributed by atoms with Gasteiger partial charge in [-0.2, -0.15) is 11.8 Å². The maximum absolute atomic E-state index is 4.53. The molecule has 1 aliphatic carbocycles. The lowest BCUT2D eigenvalue weighted by Gasteiger charge is -2.45. The van der Waals surface area contributed by atoms with Gasteiger partial charge in [-0.3, -0.25) is 4.99 Å². The number of halogens is 1. The molecule has 1 aromatic heterocycles. The van der Waals surface area contributed by atoms with Crippen molar-refractivity contribution < 1.29 is 0 Å². The Balaban J connectivity index is 0.00000208. The molecule has 1 N–H and O–H groups in total. The lowest BCUT2D eigenvalue weighted by molar-refractivity contribution is 0.293. The summed E-state index contributed by atoms with van der Waals surface area (Å²) < 4.78 is 0.477. The smallest absolute Gasteiger partial charge is 0.194 e. The molecule has 0 amide bonds. The number of aliphatic imine (C=N–C) groups is 1. The molecule has 1 saturated carbocycles. The minimum absolute atomic E-state index is 0. The van der Waals surface area contributed by atoms with Gasteiger partial charge in [0.1, 0.15) is 5.01 Å². The van der Waals surface area contributed by atoms with Crippen molar-refractivity contribution in [3.63, 3.8) is 0 Å². The number of rotatable bonds is 3. The van der Waals surface area contributed by atoms with Gasteiger partial charge in [0.05, 0.1) is 6.54 Å². The highest BCUT2D eigenvalue weighted by Crippen LogP contribution is 2.42. The molecule has 0 radical (unpaired) electrons. The van der Waals surface area contributed by atoms with Crippen molar-refractivity contribution >= 4 is 53.0 Å². The normalized spacial score (nSPS) is 20.8. The molecular weight excluding hydrogens is 451 g/mol. The highest BCUT2D eigenvalue weighted by molar-refractivity contribution is 14.0. The molecule has 0 bridgehead atoms. The second kappa shape index (κ2) is 9.62. The van der Waals surface area contributed by atoms with Gasteiger partial charge in [-0.15, -0.1) is 35.3 Å². The van der Waals surface area contributed by atoms with Crippen LogP contribution in [0, 0.1) is 0 Å². The van der Waals surface area contributed by atoms with E-state index in [-0.39, 0.29) is 24.0 Å². The zero-order chi connectivity index (χ0) is 16.1. The predicted octanol–water partition coefficient (Wildman–Crippen LogP) is 4.15. The first-order chi connectivity index (χ1) is 11.2. The number of nitrogens with one attached hydrogen (secondary N) is 1. The molecule has 1 aromatic rings. The molecule has 24 heavy (non-hydrogen) atoms. The van der Waals surface area contributed by atoms with E-state index >= 15 is 0 Å². The Morgan fingerprint density at radius 1 is 1.38 bits per heavy atom. The summed E-state index contributed by atoms with van der Waals surface area (Å²) in [4.78, 5) is 12.9. The summed E-state index contributed by atoms with van der Waals surface area (Å²) in [5.74, 6) is 2.27. The molecule has 2 aliphatic rings. The maximum atomic E-state index is 4.53. The zero-order valence-electron chi connectivity index (χ0n) is 14.7. The third-order valence-corrected chi connectivity index (χ3v) is 7.55. The lowest BCUT2D eigenvalue weighted by Crippen LogP contribution is -2.53. The molecule has 0 aromatic carbocycles. The van der Waals surface area contributed by atoms with E-state index in [0.29, 0.717) is 4.75 Å². The van der Waals surface area contributed by atoms with E-state index in [4.69, 9.17) is 0 Å². The summed E-state index contributed by atoms with van der Waals surface area (Å²) in [5, 5.41) is 4.68. The van der Waals surface area contributed by atoms with Gasteiger partial charge in [-0.05, 0) is 19.3 Å². The van der Waals surface area contributed by atoms with Crippen molar-refractivity contribution in [2.24, 2.45) is 4.99 Å². The van der Waals surface area contributed by atoms with Crippen molar-refractivity contribution in [1.29, 1.82) is 0 Å². The summed E-state index contributed by atoms with van der Waals surface area (Å²) >= 11 is 4.01. The Hall–Kier alpha value is -0.0200. The number of nitrogens with zero attached hydrogens (tertiary/aromatic N) is 3. The standard InChI is InChI=1S/C17H28N4S2.HI/c1-3-14-11-19-15(23-14)12-20-16(18-2)21-9-10-22-17(13-21)7-5-4-6-8-17;/h11H,3-10,12-13H2,1-2H3,(H,18,20);1H. The fourth-order valence-corrected chi connectivity index (χ4v) is 5.98. The summed E-state index contributed by atoms with van der Waals surface area (Å²) in [7, 11) is 1.90. The highest BCUT2D eigenvalue weighted by atomic mass is 127. The number of thioether (sulfide) groups is 1. The number of hydrogen-bond acceptors (Lipinski definition) is 4. The summed E-state index contributed by atoms with van der Waals surface area (Å²) in [6, 6.07) is 0. The summed E-state index contributed by atoms with van der Waals surface area (Å²) in [5.41, 5.74) is 0. The van der Waals surface area contributed by atoms with Crippen LogP contribution >= 0.6 is 47.1 Å². The van der Waals surface area contributed by atoms with E-state index in [2.05, 4.69) is 38.9 Å². The van der Waals surface area contributed by atoms with Crippen molar-refractivity contribution in [2.45, 2.75) is 56.7 Å². The first-order valence-electron chi connectivity index (χ1n) is 8.78. The topological polar surface area (TPSA) is 40.5 Å². The van der Waals surface area contributed by atoms with E-state index < -0.39 is 0 Å². The molecule has 0 atom stereocenters. The van der Waals surface area contributed by atoms with Crippen LogP contribution in [0.5, 0.6) is 0 Å². The molecule has 2 heterocycles. The number of thiazole rings is 1. The van der Waals surface area contributed by atoms with E-state index in [1.54, 1.807) is 11.3 Å². The first-order valence-corrected chi connectivity index (χ1v) is 10.6. The van der Waals surface area contributed by atoms with Crippen molar-refractivity contribution in [3.05, 3.63) is 16.1 Å². The van der Waals surface area contributed by atoms with E-state index in [1.165, 1.54) is 42.7 Å². The van der Waals surface area contributed by atoms with Gasteiger partial charge >= 0.3 is 0 Å². The van der Waals surface area contributed by atoms with Crippen LogP contribution < -0.4 is 5.32 Å². The largest absolute Gasteiger partial charge is 0.350 e. The van der Waals surface area contributed by atoms with Gasteiger partial charge in [-0.1, -0.05) is 26.2 Å². The Bertz CT molecular complexity index is 535. The quantitative estimate of drug-likeness (QED) is 0.401. The highest BCUT2D eigenvalue weighted by Gasteiger charge is 2.38. The molecule has 3 rings (SSSR count). The Kier molecular flexibility index (Phi) is 8.13. The monoisotopic (exact) mass is 480 g/mol. The molecule has 4 nitrogen and oxygen atoms in total. The number of hydrogen-bond donors (Lipinski definition) is 1. The Morgan fingerprint density at radius 3 is 2.83 bits per heavy atom. The summed E-state index contributed by atoms with van der Waals surface area (Å²) in [6.45, 7) is 5.21. The van der Waals surface area contributed by atoms with Crippen molar-refractivity contribution in [1.82, 2.24) is 15.2 Å². The van der Waals surface area contributed by atoms with Gasteiger partial charge in [0, 0.05) is 41.7 Å². The molecule has 136 valence electrons. The van der Waals surface area contributed by atoms with Gasteiger partial charge in [0.15, 0.2) is 5.96 Å². The van der Waals surface area contributed by atoms with Crippen molar-refractivity contribution in [2.75, 3.05) is 25.9 Å². The van der Waals surface area contributed by atoms with Gasteiger partial charge in [-0.25, -0.2) is 4.98 Å². The SMILES string of the molecule is CCc1cnc(CNC(=NC)N2CCSC3(CCCCC3)C2)s1.I. The van der Waals surface area contributed by atoms with Crippen LogP contribution in [-0.4, -0.2) is 46.5 Å². The van der Waals surface area contributed by atoms with Gasteiger partial charge < -0.3 is 10.2 Å². The molecule has 1 spiro atoms. The van der Waals surface area contributed by atoms with E-state index in [0.717, 1.165) is 37.0 Å². The molecule has 1 saturated heterocycles. The molecule has 0 unspecified atom stereocenters. The second-order valence-electron chi connectivity index (χ2n) is 6.49. The third kappa shape index (κ3) is 5.00. The minimum atomic E-state index is 0. The van der Waals surface area contributed by atoms with E-state index in [1.807, 2.05) is 13.2 Å². The fourth-order valence-electron chi connectivity index (χ4n) is 3.60. The van der Waals surface area contributed by atoms with Crippen LogP contribution in [0.2, 0.25) is 0 Å². The third-order valence-electron chi connectivity index (χ3n) is 4.87. The number of aromatic nitrogens is 1. The van der Waals surface area contributed by atoms with Crippen LogP contribution in [0.1, 0.15) is 48.9 Å². The zero-order valence-corrected chi connectivity index (χ0v) is 18.7. The number of aryl methyl sites for hydroxylation is 1. The first kappa shape index (κ1) is 20.3. The Labute approximate surface area is 171 Å². The molecule has 2 fully saturated rings. The average molecular weight is 480 g/mol. The van der Waals surface area contributed by atoms with E-state index in [9.17, 15) is 0 Å². The molecular formula is C17H29IN4S2. The van der Waals surface area contributed by atoms with Crippen molar-refractivity contribution in [3.8, 4) is 0 Å².